The molecule has 2 nitrogen and oxygen atoms in total. The molecule has 0 aliphatic carbocycles. The second kappa shape index (κ2) is 5.05. The van der Waals surface area contributed by atoms with E-state index in [0.717, 1.165) is 0 Å². The highest BCUT2D eigenvalue weighted by atomic mass is 35.5. The number of hydrogen-bond donors (Lipinski definition) is 0. The first kappa shape index (κ1) is 11.1. The van der Waals surface area contributed by atoms with Crippen LogP contribution in [0.15, 0.2) is 17.7 Å². The Balaban J connectivity index is 2.98. The van der Waals surface area contributed by atoms with Gasteiger partial charge in [0.1, 0.15) is 10.0 Å². The molecule has 0 atom stereocenters. The topological polar surface area (TPSA) is 25.8 Å². The molecular formula is C7H5Cl3N2S. The summed E-state index contributed by atoms with van der Waals surface area (Å²) in [6, 6.07) is 0. The lowest BCUT2D eigenvalue weighted by Crippen LogP contribution is -1.89. The molecule has 6 heteroatoms. The molecule has 0 saturated heterocycles. The van der Waals surface area contributed by atoms with E-state index in [2.05, 4.69) is 16.5 Å². The molecule has 0 aromatic carbocycles. The summed E-state index contributed by atoms with van der Waals surface area (Å²) in [5.74, 6) is 0.698. The minimum atomic E-state index is 0.0981. The van der Waals surface area contributed by atoms with Crippen LogP contribution in [-0.2, 0) is 0 Å². The van der Waals surface area contributed by atoms with Crippen molar-refractivity contribution in [1.29, 1.82) is 0 Å². The van der Waals surface area contributed by atoms with E-state index in [1.165, 1.54) is 11.8 Å². The van der Waals surface area contributed by atoms with Gasteiger partial charge in [-0.1, -0.05) is 29.3 Å². The Morgan fingerprint density at radius 2 is 2.00 bits per heavy atom. The zero-order valence-electron chi connectivity index (χ0n) is 6.43. The van der Waals surface area contributed by atoms with Gasteiger partial charge in [0.15, 0.2) is 5.15 Å². The molecule has 1 aromatic heterocycles. The van der Waals surface area contributed by atoms with Crippen LogP contribution in [-0.4, -0.2) is 15.7 Å². The van der Waals surface area contributed by atoms with Crippen LogP contribution in [0.2, 0.25) is 15.5 Å². The summed E-state index contributed by atoms with van der Waals surface area (Å²) < 4.78 is 0. The summed E-state index contributed by atoms with van der Waals surface area (Å²) in [6.45, 7) is 3.58. The van der Waals surface area contributed by atoms with Gasteiger partial charge in [0.25, 0.3) is 0 Å². The van der Waals surface area contributed by atoms with Gasteiger partial charge in [-0.15, -0.1) is 18.3 Å². The van der Waals surface area contributed by atoms with E-state index in [1.807, 2.05) is 0 Å². The smallest absolute Gasteiger partial charge is 0.210 e. The summed E-state index contributed by atoms with van der Waals surface area (Å²) in [5.41, 5.74) is 0. The Bertz CT molecular complexity index is 330. The fourth-order valence-corrected chi connectivity index (χ4v) is 2.00. The second-order valence-corrected chi connectivity index (χ2v) is 4.09. The van der Waals surface area contributed by atoms with E-state index in [9.17, 15) is 0 Å². The highest BCUT2D eigenvalue weighted by Gasteiger charge is 2.09. The SMILES string of the molecule is C=CCSc1nc(Cl)nc(Cl)c1Cl. The molecular weight excluding hydrogens is 251 g/mol. The lowest BCUT2D eigenvalue weighted by atomic mass is 10.7. The van der Waals surface area contributed by atoms with E-state index in [1.54, 1.807) is 6.08 Å². The van der Waals surface area contributed by atoms with Gasteiger partial charge in [-0.2, -0.15) is 0 Å². The maximum absolute atomic E-state index is 5.83. The van der Waals surface area contributed by atoms with Crippen molar-refractivity contribution in [2.75, 3.05) is 5.75 Å². The zero-order chi connectivity index (χ0) is 9.84. The molecule has 0 fully saturated rings. The zero-order valence-corrected chi connectivity index (χ0v) is 9.51. The van der Waals surface area contributed by atoms with Crippen LogP contribution < -0.4 is 0 Å². The lowest BCUT2D eigenvalue weighted by molar-refractivity contribution is 1.05. The standard InChI is InChI=1S/C7H5Cl3N2S/c1-2-3-13-6-4(8)5(9)11-7(10)12-6/h2H,1,3H2. The third-order valence-electron chi connectivity index (χ3n) is 1.09. The third kappa shape index (κ3) is 3.02. The Labute approximate surface area is 95.3 Å². The normalized spacial score (nSPS) is 10.1. The van der Waals surface area contributed by atoms with Crippen LogP contribution in [0.25, 0.3) is 0 Å². The van der Waals surface area contributed by atoms with Gasteiger partial charge >= 0.3 is 0 Å². The van der Waals surface area contributed by atoms with Crippen molar-refractivity contribution in [2.45, 2.75) is 5.03 Å². The molecule has 0 aliphatic rings. The van der Waals surface area contributed by atoms with Crippen LogP contribution in [0, 0.1) is 0 Å². The Hall–Kier alpha value is 0.0400. The van der Waals surface area contributed by atoms with Crippen molar-refractivity contribution in [2.24, 2.45) is 0 Å². The molecule has 0 unspecified atom stereocenters. The molecule has 13 heavy (non-hydrogen) atoms. The third-order valence-corrected chi connectivity index (χ3v) is 3.07. The average Bonchev–Trinajstić information content (AvgIpc) is 2.09. The lowest BCUT2D eigenvalue weighted by Gasteiger charge is -2.02. The Morgan fingerprint density at radius 3 is 2.62 bits per heavy atom. The van der Waals surface area contributed by atoms with Gasteiger partial charge in [-0.3, -0.25) is 0 Å². The summed E-state index contributed by atoms with van der Waals surface area (Å²) >= 11 is 18.5. The summed E-state index contributed by atoms with van der Waals surface area (Å²) in [6.07, 6.45) is 1.74. The number of nitrogens with zero attached hydrogens (tertiary/aromatic N) is 2. The summed E-state index contributed by atoms with van der Waals surface area (Å²) in [5, 5.41) is 1.18. The number of thioether (sulfide) groups is 1. The van der Waals surface area contributed by atoms with Crippen molar-refractivity contribution in [1.82, 2.24) is 9.97 Å². The van der Waals surface area contributed by atoms with Crippen molar-refractivity contribution < 1.29 is 0 Å². The molecule has 0 spiro atoms. The maximum atomic E-state index is 5.83. The van der Waals surface area contributed by atoms with Crippen molar-refractivity contribution >= 4 is 46.6 Å². The molecule has 0 amide bonds. The highest BCUT2D eigenvalue weighted by molar-refractivity contribution is 7.99. The first-order valence-corrected chi connectivity index (χ1v) is 5.39. The van der Waals surface area contributed by atoms with Crippen LogP contribution in [0.3, 0.4) is 0 Å². The van der Waals surface area contributed by atoms with E-state index >= 15 is 0 Å². The van der Waals surface area contributed by atoms with Crippen molar-refractivity contribution in [3.8, 4) is 0 Å². The molecule has 1 aromatic rings. The van der Waals surface area contributed by atoms with E-state index in [4.69, 9.17) is 34.8 Å². The number of aromatic nitrogens is 2. The average molecular weight is 256 g/mol. The molecule has 1 heterocycles. The van der Waals surface area contributed by atoms with Gasteiger partial charge in [0.05, 0.1) is 0 Å². The van der Waals surface area contributed by atoms with E-state index in [0.29, 0.717) is 15.8 Å². The van der Waals surface area contributed by atoms with Crippen LogP contribution in [0.5, 0.6) is 0 Å². The van der Waals surface area contributed by atoms with Gasteiger partial charge < -0.3 is 0 Å². The second-order valence-electron chi connectivity index (χ2n) is 2.00. The molecule has 70 valence electrons. The van der Waals surface area contributed by atoms with Crippen LogP contribution in [0.1, 0.15) is 0 Å². The first-order valence-electron chi connectivity index (χ1n) is 3.27. The highest BCUT2D eigenvalue weighted by Crippen LogP contribution is 2.31. The molecule has 1 rings (SSSR count). The summed E-state index contributed by atoms with van der Waals surface area (Å²) in [7, 11) is 0. The summed E-state index contributed by atoms with van der Waals surface area (Å²) in [4.78, 5) is 7.61. The maximum Gasteiger partial charge on any atom is 0.224 e. The Kier molecular flexibility index (Phi) is 4.32. The van der Waals surface area contributed by atoms with Gasteiger partial charge in [0, 0.05) is 5.75 Å². The predicted molar refractivity (Wildman–Crippen MR) is 58.0 cm³/mol. The largest absolute Gasteiger partial charge is 0.224 e. The van der Waals surface area contributed by atoms with Gasteiger partial charge in [0.2, 0.25) is 5.28 Å². The quantitative estimate of drug-likeness (QED) is 0.356. The number of halogens is 3. The van der Waals surface area contributed by atoms with Crippen molar-refractivity contribution in [3.63, 3.8) is 0 Å². The minimum absolute atomic E-state index is 0.0981. The predicted octanol–water partition coefficient (Wildman–Crippen LogP) is 3.71. The monoisotopic (exact) mass is 254 g/mol. The van der Waals surface area contributed by atoms with Gasteiger partial charge in [-0.25, -0.2) is 9.97 Å². The number of hydrogen-bond acceptors (Lipinski definition) is 3. The fraction of sp³-hybridized carbons (Fsp3) is 0.143. The first-order chi connectivity index (χ1) is 6.15. The molecule has 0 bridgehead atoms. The molecule has 0 aliphatic heterocycles. The van der Waals surface area contributed by atoms with Crippen LogP contribution in [0.4, 0.5) is 0 Å². The minimum Gasteiger partial charge on any atom is -0.210 e. The molecule has 0 saturated carbocycles. The number of rotatable bonds is 3. The molecule has 0 radical (unpaired) electrons. The van der Waals surface area contributed by atoms with E-state index < -0.39 is 0 Å². The van der Waals surface area contributed by atoms with E-state index in [-0.39, 0.29) is 10.4 Å². The van der Waals surface area contributed by atoms with Crippen molar-refractivity contribution in [3.05, 3.63) is 28.1 Å². The fourth-order valence-electron chi connectivity index (χ4n) is 0.610. The molecule has 0 N–H and O–H groups in total. The van der Waals surface area contributed by atoms with Gasteiger partial charge in [-0.05, 0) is 11.6 Å². The van der Waals surface area contributed by atoms with Crippen LogP contribution >= 0.6 is 46.6 Å². The Morgan fingerprint density at radius 1 is 1.31 bits per heavy atom.